The minimum Gasteiger partial charge on any atom is -0.310 e. The number of aryl methyl sites for hydroxylation is 1. The third kappa shape index (κ3) is 4.15. The summed E-state index contributed by atoms with van der Waals surface area (Å²) in [5.74, 6) is 0. The maximum atomic E-state index is 4.68. The number of benzene rings is 1. The van der Waals surface area contributed by atoms with Gasteiger partial charge in [-0.2, -0.15) is 0 Å². The molecule has 19 heavy (non-hydrogen) atoms. The topological polar surface area (TPSA) is 24.9 Å². The van der Waals surface area contributed by atoms with Crippen LogP contribution in [0.5, 0.6) is 0 Å². The quantitative estimate of drug-likeness (QED) is 0.763. The lowest BCUT2D eigenvalue weighted by Crippen LogP contribution is -2.13. The zero-order valence-corrected chi connectivity index (χ0v) is 12.6. The molecule has 0 unspecified atom stereocenters. The van der Waals surface area contributed by atoms with Crippen LogP contribution in [0.15, 0.2) is 29.6 Å². The minimum atomic E-state index is 0.881. The molecule has 0 radical (unpaired) electrons. The minimum absolute atomic E-state index is 0.881. The van der Waals surface area contributed by atoms with Gasteiger partial charge in [-0.15, -0.1) is 11.3 Å². The number of nitrogens with zero attached hydrogens (tertiary/aromatic N) is 1. The van der Waals surface area contributed by atoms with E-state index in [4.69, 9.17) is 0 Å². The monoisotopic (exact) mass is 274 g/mol. The van der Waals surface area contributed by atoms with E-state index in [1.165, 1.54) is 22.6 Å². The van der Waals surface area contributed by atoms with E-state index in [9.17, 15) is 0 Å². The summed E-state index contributed by atoms with van der Waals surface area (Å²) in [6, 6.07) is 8.80. The van der Waals surface area contributed by atoms with Crippen molar-refractivity contribution in [3.63, 3.8) is 0 Å². The number of nitrogens with one attached hydrogen (secondary N) is 1. The molecule has 2 nitrogen and oxygen atoms in total. The molecule has 2 rings (SSSR count). The molecule has 3 heteroatoms. The smallest absolute Gasteiger partial charge is 0.107 e. The number of hydrogen-bond acceptors (Lipinski definition) is 3. The fraction of sp³-hybridized carbons (Fsp3) is 0.438. The maximum Gasteiger partial charge on any atom is 0.107 e. The predicted molar refractivity (Wildman–Crippen MR) is 83.5 cm³/mol. The number of thiazole rings is 1. The average Bonchev–Trinajstić information content (AvgIpc) is 2.89. The third-order valence-corrected chi connectivity index (χ3v) is 3.89. The van der Waals surface area contributed by atoms with Crippen molar-refractivity contribution in [3.8, 4) is 11.3 Å². The molecule has 0 amide bonds. The fourth-order valence-corrected chi connectivity index (χ4v) is 2.80. The van der Waals surface area contributed by atoms with Crippen LogP contribution >= 0.6 is 11.3 Å². The van der Waals surface area contributed by atoms with E-state index in [1.807, 2.05) is 0 Å². The van der Waals surface area contributed by atoms with Crippen LogP contribution in [-0.2, 0) is 13.0 Å². The molecule has 0 saturated carbocycles. The SMILES string of the molecule is CCCNCc1nc(-c2ccc(CCC)cc2)cs1. The molecule has 2 aromatic rings. The van der Waals surface area contributed by atoms with Gasteiger partial charge in [0.1, 0.15) is 5.01 Å². The van der Waals surface area contributed by atoms with Crippen molar-refractivity contribution < 1.29 is 0 Å². The van der Waals surface area contributed by atoms with Crippen molar-refractivity contribution in [2.24, 2.45) is 0 Å². The van der Waals surface area contributed by atoms with Crippen LogP contribution in [0.2, 0.25) is 0 Å². The van der Waals surface area contributed by atoms with Gasteiger partial charge in [-0.25, -0.2) is 4.98 Å². The summed E-state index contributed by atoms with van der Waals surface area (Å²) in [4.78, 5) is 4.68. The van der Waals surface area contributed by atoms with E-state index in [2.05, 4.69) is 53.8 Å². The lowest BCUT2D eigenvalue weighted by molar-refractivity contribution is 0.673. The average molecular weight is 274 g/mol. The van der Waals surface area contributed by atoms with E-state index in [1.54, 1.807) is 11.3 Å². The Bertz CT molecular complexity index is 488. The molecule has 0 saturated heterocycles. The van der Waals surface area contributed by atoms with Crippen LogP contribution in [-0.4, -0.2) is 11.5 Å². The van der Waals surface area contributed by atoms with E-state index < -0.39 is 0 Å². The van der Waals surface area contributed by atoms with Gasteiger partial charge in [0, 0.05) is 17.5 Å². The zero-order chi connectivity index (χ0) is 13.5. The first-order chi connectivity index (χ1) is 9.33. The van der Waals surface area contributed by atoms with Gasteiger partial charge in [-0.1, -0.05) is 44.5 Å². The number of hydrogen-bond donors (Lipinski definition) is 1. The molecule has 1 heterocycles. The first kappa shape index (κ1) is 14.2. The number of rotatable bonds is 7. The Balaban J connectivity index is 2.01. The van der Waals surface area contributed by atoms with Gasteiger partial charge >= 0.3 is 0 Å². The van der Waals surface area contributed by atoms with Crippen molar-refractivity contribution in [1.82, 2.24) is 10.3 Å². The predicted octanol–water partition coefficient (Wildman–Crippen LogP) is 4.26. The molecule has 0 aliphatic heterocycles. The molecule has 0 fully saturated rings. The highest BCUT2D eigenvalue weighted by molar-refractivity contribution is 7.09. The molecule has 0 bridgehead atoms. The van der Waals surface area contributed by atoms with Gasteiger partial charge in [0.2, 0.25) is 0 Å². The second-order valence-electron chi connectivity index (χ2n) is 4.75. The third-order valence-electron chi connectivity index (χ3n) is 3.04. The van der Waals surface area contributed by atoms with Gasteiger partial charge in [0.25, 0.3) is 0 Å². The standard InChI is InChI=1S/C16H22N2S/c1-3-5-13-6-8-14(9-7-13)15-12-19-16(18-15)11-17-10-4-2/h6-9,12,17H,3-5,10-11H2,1-2H3. The van der Waals surface area contributed by atoms with Crippen molar-refractivity contribution in [1.29, 1.82) is 0 Å². The fourth-order valence-electron chi connectivity index (χ4n) is 2.03. The van der Waals surface area contributed by atoms with Crippen molar-refractivity contribution in [3.05, 3.63) is 40.2 Å². The van der Waals surface area contributed by atoms with Gasteiger partial charge in [-0.05, 0) is 24.9 Å². The lowest BCUT2D eigenvalue weighted by atomic mass is 10.1. The molecule has 0 aliphatic rings. The van der Waals surface area contributed by atoms with E-state index in [-0.39, 0.29) is 0 Å². The Morgan fingerprint density at radius 2 is 1.89 bits per heavy atom. The molecule has 1 aromatic heterocycles. The van der Waals surface area contributed by atoms with E-state index in [0.717, 1.165) is 31.6 Å². The summed E-state index contributed by atoms with van der Waals surface area (Å²) in [6.45, 7) is 6.33. The molecule has 0 atom stereocenters. The second-order valence-corrected chi connectivity index (χ2v) is 5.69. The van der Waals surface area contributed by atoms with Crippen LogP contribution in [0.1, 0.15) is 37.3 Å². The lowest BCUT2D eigenvalue weighted by Gasteiger charge is -2.01. The number of aromatic nitrogens is 1. The van der Waals surface area contributed by atoms with Crippen molar-refractivity contribution >= 4 is 11.3 Å². The van der Waals surface area contributed by atoms with Crippen molar-refractivity contribution in [2.75, 3.05) is 6.54 Å². The van der Waals surface area contributed by atoms with Crippen LogP contribution in [0.3, 0.4) is 0 Å². The second kappa shape index (κ2) is 7.41. The van der Waals surface area contributed by atoms with Crippen LogP contribution in [0.4, 0.5) is 0 Å². The molecule has 0 aliphatic carbocycles. The first-order valence-electron chi connectivity index (χ1n) is 7.08. The summed E-state index contributed by atoms with van der Waals surface area (Å²) in [5, 5.41) is 6.71. The normalized spacial score (nSPS) is 10.8. The van der Waals surface area contributed by atoms with Gasteiger partial charge < -0.3 is 5.32 Å². The summed E-state index contributed by atoms with van der Waals surface area (Å²) < 4.78 is 0. The maximum absolute atomic E-state index is 4.68. The molecule has 1 aromatic carbocycles. The van der Waals surface area contributed by atoms with Gasteiger partial charge in [0.05, 0.1) is 5.69 Å². The summed E-state index contributed by atoms with van der Waals surface area (Å²) >= 11 is 1.74. The molecule has 102 valence electrons. The molecular formula is C16H22N2S. The first-order valence-corrected chi connectivity index (χ1v) is 7.96. The highest BCUT2D eigenvalue weighted by Crippen LogP contribution is 2.22. The molecule has 1 N–H and O–H groups in total. The van der Waals surface area contributed by atoms with Crippen LogP contribution in [0.25, 0.3) is 11.3 Å². The molecular weight excluding hydrogens is 252 g/mol. The van der Waals surface area contributed by atoms with E-state index >= 15 is 0 Å². The van der Waals surface area contributed by atoms with Crippen LogP contribution in [0, 0.1) is 0 Å². The Morgan fingerprint density at radius 3 is 2.58 bits per heavy atom. The summed E-state index contributed by atoms with van der Waals surface area (Å²) in [7, 11) is 0. The zero-order valence-electron chi connectivity index (χ0n) is 11.8. The van der Waals surface area contributed by atoms with Gasteiger partial charge in [0.15, 0.2) is 0 Å². The summed E-state index contributed by atoms with van der Waals surface area (Å²) in [5.41, 5.74) is 3.73. The largest absolute Gasteiger partial charge is 0.310 e. The highest BCUT2D eigenvalue weighted by Gasteiger charge is 2.04. The summed E-state index contributed by atoms with van der Waals surface area (Å²) in [6.07, 6.45) is 3.52. The van der Waals surface area contributed by atoms with E-state index in [0.29, 0.717) is 0 Å². The van der Waals surface area contributed by atoms with Crippen molar-refractivity contribution in [2.45, 2.75) is 39.7 Å². The Hall–Kier alpha value is -1.19. The Kier molecular flexibility index (Phi) is 5.55. The van der Waals surface area contributed by atoms with Crippen LogP contribution < -0.4 is 5.32 Å². The Labute approximate surface area is 119 Å². The Morgan fingerprint density at radius 1 is 1.11 bits per heavy atom. The van der Waals surface area contributed by atoms with Gasteiger partial charge in [-0.3, -0.25) is 0 Å². The highest BCUT2D eigenvalue weighted by atomic mass is 32.1. The molecule has 0 spiro atoms.